The van der Waals surface area contributed by atoms with Crippen molar-refractivity contribution in [1.82, 2.24) is 5.32 Å². The Kier molecular flexibility index (Phi) is 8.04. The standard InChI is InChI=1S/C31H30FN3O5S/c1-7-26(36)28-24-16-23(20-9-8-10-21(15-20)30(37)34-31(2,3)4)25(35(18-33-5)41(6,38)39)17-27(24)40-29(28)19-11-13-22(32)14-12-19/h8-17H,7,18H2,1-4,6H3,(H,34,37). The maximum absolute atomic E-state index is 13.7. The van der Waals surface area contributed by atoms with E-state index in [0.29, 0.717) is 27.6 Å². The van der Waals surface area contributed by atoms with E-state index in [1.807, 2.05) is 20.8 Å². The van der Waals surface area contributed by atoms with Crippen LogP contribution in [0.3, 0.4) is 0 Å². The number of benzene rings is 3. The zero-order valence-electron chi connectivity index (χ0n) is 23.4. The Morgan fingerprint density at radius 1 is 1.05 bits per heavy atom. The van der Waals surface area contributed by atoms with Gasteiger partial charge >= 0.3 is 6.67 Å². The lowest BCUT2D eigenvalue weighted by molar-refractivity contribution is 0.0918. The van der Waals surface area contributed by atoms with Crippen LogP contribution in [0.25, 0.3) is 38.3 Å². The zero-order chi connectivity index (χ0) is 30.1. The van der Waals surface area contributed by atoms with Crippen molar-refractivity contribution in [3.63, 3.8) is 0 Å². The van der Waals surface area contributed by atoms with Gasteiger partial charge in [-0.2, -0.15) is 4.31 Å². The van der Waals surface area contributed by atoms with E-state index in [4.69, 9.17) is 11.0 Å². The summed E-state index contributed by atoms with van der Waals surface area (Å²) in [5, 5.41) is 3.34. The van der Waals surface area contributed by atoms with Gasteiger partial charge in [-0.05, 0) is 68.8 Å². The summed E-state index contributed by atoms with van der Waals surface area (Å²) in [5.74, 6) is -0.756. The van der Waals surface area contributed by atoms with Gasteiger partial charge in [-0.25, -0.2) is 19.4 Å². The average Bonchev–Trinajstić information content (AvgIpc) is 3.28. The minimum Gasteiger partial charge on any atom is -0.455 e. The number of ketones is 1. The number of anilines is 1. The molecule has 3 aromatic carbocycles. The van der Waals surface area contributed by atoms with Crippen LogP contribution < -0.4 is 9.62 Å². The highest BCUT2D eigenvalue weighted by Gasteiger charge is 2.28. The molecule has 0 spiro atoms. The van der Waals surface area contributed by atoms with Gasteiger partial charge in [-0.1, -0.05) is 19.1 Å². The summed E-state index contributed by atoms with van der Waals surface area (Å²) >= 11 is 0. The molecule has 1 N–H and O–H groups in total. The summed E-state index contributed by atoms with van der Waals surface area (Å²) in [5.41, 5.74) is 1.88. The quantitative estimate of drug-likeness (QED) is 0.187. The number of hydrogen-bond donors (Lipinski definition) is 1. The molecule has 0 atom stereocenters. The lowest BCUT2D eigenvalue weighted by Gasteiger charge is -2.22. The largest absolute Gasteiger partial charge is 0.455 e. The van der Waals surface area contributed by atoms with Gasteiger partial charge in [0.05, 0.1) is 17.5 Å². The first-order valence-electron chi connectivity index (χ1n) is 12.9. The van der Waals surface area contributed by atoms with Gasteiger partial charge < -0.3 is 9.73 Å². The molecule has 10 heteroatoms. The summed E-state index contributed by atoms with van der Waals surface area (Å²) in [4.78, 5) is 29.5. The van der Waals surface area contributed by atoms with Gasteiger partial charge in [0.25, 0.3) is 5.91 Å². The number of rotatable bonds is 8. The number of furan rings is 1. The van der Waals surface area contributed by atoms with E-state index < -0.39 is 28.0 Å². The Hall–Kier alpha value is -4.49. The maximum atomic E-state index is 13.7. The molecule has 0 saturated carbocycles. The first kappa shape index (κ1) is 29.5. The van der Waals surface area contributed by atoms with Crippen LogP contribution in [0.5, 0.6) is 0 Å². The number of carbonyl (C=O) groups is 2. The van der Waals surface area contributed by atoms with Gasteiger partial charge in [0.2, 0.25) is 10.0 Å². The van der Waals surface area contributed by atoms with Crippen LogP contribution in [0.2, 0.25) is 0 Å². The number of Topliss-reactive ketones (excluding diaryl/α,β-unsaturated/α-hetero) is 1. The van der Waals surface area contributed by atoms with Gasteiger partial charge in [0.15, 0.2) is 5.78 Å². The molecule has 0 fully saturated rings. The fraction of sp³-hybridized carbons (Fsp3) is 0.258. The topological polar surface area (TPSA) is 101 Å². The van der Waals surface area contributed by atoms with E-state index in [1.165, 1.54) is 30.3 Å². The van der Waals surface area contributed by atoms with Crippen LogP contribution in [0.15, 0.2) is 65.1 Å². The Labute approximate surface area is 238 Å². The summed E-state index contributed by atoms with van der Waals surface area (Å²) in [6, 6.07) is 15.3. The Balaban J connectivity index is 2.06. The number of fused-ring (bicyclic) bond motifs is 1. The van der Waals surface area contributed by atoms with Gasteiger partial charge in [0.1, 0.15) is 17.2 Å². The molecule has 0 bridgehead atoms. The van der Waals surface area contributed by atoms with Gasteiger partial charge in [-0.3, -0.25) is 14.4 Å². The molecule has 8 nitrogen and oxygen atoms in total. The third-order valence-corrected chi connectivity index (χ3v) is 7.42. The average molecular weight is 576 g/mol. The summed E-state index contributed by atoms with van der Waals surface area (Å²) in [6.45, 7) is 14.2. The third-order valence-electron chi connectivity index (χ3n) is 6.31. The van der Waals surface area contributed by atoms with E-state index in [9.17, 15) is 22.4 Å². The molecule has 0 aliphatic carbocycles. The van der Waals surface area contributed by atoms with Crippen LogP contribution in [-0.2, 0) is 10.0 Å². The van der Waals surface area contributed by atoms with Gasteiger partial charge in [-0.15, -0.1) is 0 Å². The molecule has 1 aromatic heterocycles. The molecule has 0 saturated heterocycles. The van der Waals surface area contributed by atoms with Gasteiger partial charge in [0, 0.05) is 40.1 Å². The number of sulfonamides is 1. The third kappa shape index (κ3) is 6.31. The maximum Gasteiger partial charge on any atom is 0.302 e. The van der Waals surface area contributed by atoms with E-state index in [2.05, 4.69) is 10.2 Å². The second-order valence-corrected chi connectivity index (χ2v) is 12.6. The first-order valence-corrected chi connectivity index (χ1v) is 14.7. The van der Waals surface area contributed by atoms with Crippen LogP contribution in [0.4, 0.5) is 10.1 Å². The SMILES string of the molecule is [C-]#[N+]CN(c1cc2oc(-c3ccc(F)cc3)c(C(=O)CC)c2cc1-c1cccc(C(=O)NC(C)(C)C)c1)S(C)(=O)=O. The minimum absolute atomic E-state index is 0.152. The molecule has 0 aliphatic rings. The molecule has 0 aliphatic heterocycles. The van der Waals surface area contributed by atoms with E-state index in [0.717, 1.165) is 10.6 Å². The second kappa shape index (κ2) is 11.2. The molecule has 1 amide bonds. The molecular formula is C31H30FN3O5S. The molecule has 0 radical (unpaired) electrons. The zero-order valence-corrected chi connectivity index (χ0v) is 24.2. The Bertz CT molecular complexity index is 1800. The molecule has 0 unspecified atom stereocenters. The number of amides is 1. The molecular weight excluding hydrogens is 545 g/mol. The molecule has 4 aromatic rings. The molecule has 4 rings (SSSR count). The number of nitrogens with zero attached hydrogens (tertiary/aromatic N) is 2. The second-order valence-electron chi connectivity index (χ2n) is 10.7. The van der Waals surface area contributed by atoms with Crippen LogP contribution in [0, 0.1) is 12.4 Å². The van der Waals surface area contributed by atoms with Crippen molar-refractivity contribution in [3.05, 3.63) is 89.0 Å². The number of halogens is 1. The van der Waals surface area contributed by atoms with Crippen molar-refractivity contribution in [2.45, 2.75) is 39.7 Å². The minimum atomic E-state index is -3.92. The Morgan fingerprint density at radius 3 is 2.32 bits per heavy atom. The highest BCUT2D eigenvalue weighted by Crippen LogP contribution is 2.42. The summed E-state index contributed by atoms with van der Waals surface area (Å²) < 4.78 is 46.5. The highest BCUT2D eigenvalue weighted by atomic mass is 32.2. The predicted octanol–water partition coefficient (Wildman–Crippen LogP) is 6.67. The van der Waals surface area contributed by atoms with Crippen LogP contribution in [0.1, 0.15) is 54.8 Å². The van der Waals surface area contributed by atoms with Crippen molar-refractivity contribution in [2.75, 3.05) is 17.2 Å². The van der Waals surface area contributed by atoms with Crippen molar-refractivity contribution in [3.8, 4) is 22.5 Å². The molecule has 41 heavy (non-hydrogen) atoms. The normalized spacial score (nSPS) is 11.7. The van der Waals surface area contributed by atoms with E-state index in [-0.39, 0.29) is 40.7 Å². The monoisotopic (exact) mass is 575 g/mol. The smallest absolute Gasteiger partial charge is 0.302 e. The lowest BCUT2D eigenvalue weighted by Crippen LogP contribution is -2.40. The molecule has 1 heterocycles. The molecule has 212 valence electrons. The first-order chi connectivity index (χ1) is 19.2. The fourth-order valence-electron chi connectivity index (χ4n) is 4.49. The van der Waals surface area contributed by atoms with Crippen molar-refractivity contribution < 1.29 is 26.8 Å². The summed E-state index contributed by atoms with van der Waals surface area (Å²) in [7, 11) is -3.92. The Morgan fingerprint density at radius 2 is 1.73 bits per heavy atom. The predicted molar refractivity (Wildman–Crippen MR) is 158 cm³/mol. The summed E-state index contributed by atoms with van der Waals surface area (Å²) in [6.07, 6.45) is 1.16. The van der Waals surface area contributed by atoms with E-state index >= 15 is 0 Å². The fourth-order valence-corrected chi connectivity index (χ4v) is 5.27. The highest BCUT2D eigenvalue weighted by molar-refractivity contribution is 7.92. The van der Waals surface area contributed by atoms with Crippen LogP contribution >= 0.6 is 0 Å². The number of carbonyl (C=O) groups excluding carboxylic acids is 2. The van der Waals surface area contributed by atoms with Crippen molar-refractivity contribution in [1.29, 1.82) is 0 Å². The van der Waals surface area contributed by atoms with Crippen molar-refractivity contribution in [2.24, 2.45) is 0 Å². The van der Waals surface area contributed by atoms with Crippen LogP contribution in [-0.4, -0.2) is 38.6 Å². The van der Waals surface area contributed by atoms with E-state index in [1.54, 1.807) is 37.3 Å². The number of hydrogen-bond acceptors (Lipinski definition) is 5. The number of nitrogens with one attached hydrogen (secondary N) is 1. The lowest BCUT2D eigenvalue weighted by atomic mass is 9.95. The van der Waals surface area contributed by atoms with Crippen molar-refractivity contribution >= 4 is 38.4 Å².